The Morgan fingerprint density at radius 3 is 2.52 bits per heavy atom. The molecule has 0 amide bonds. The molecule has 0 radical (unpaired) electrons. The molecule has 2 aliphatic heterocycles. The zero-order valence-electron chi connectivity index (χ0n) is 13.7. The molecular formula is C15H24N4O3S. The molecule has 8 heteroatoms. The first-order chi connectivity index (χ1) is 10.9. The molecule has 0 aromatic carbocycles. The average Bonchev–Trinajstić information content (AvgIpc) is 2.86. The lowest BCUT2D eigenvalue weighted by molar-refractivity contribution is 0.148. The highest BCUT2D eigenvalue weighted by Crippen LogP contribution is 2.44. The van der Waals surface area contributed by atoms with E-state index in [4.69, 9.17) is 4.74 Å². The third-order valence-electron chi connectivity index (χ3n) is 5.04. The van der Waals surface area contributed by atoms with E-state index in [0.29, 0.717) is 19.7 Å². The summed E-state index contributed by atoms with van der Waals surface area (Å²) in [7, 11) is -1.38. The third-order valence-corrected chi connectivity index (χ3v) is 6.34. The van der Waals surface area contributed by atoms with Gasteiger partial charge in [0.2, 0.25) is 16.0 Å². The first-order valence-electron chi connectivity index (χ1n) is 7.91. The summed E-state index contributed by atoms with van der Waals surface area (Å²) in [4.78, 5) is 11.0. The van der Waals surface area contributed by atoms with Gasteiger partial charge in [-0.3, -0.25) is 0 Å². The summed E-state index contributed by atoms with van der Waals surface area (Å²) in [5.41, 5.74) is 0.129. The van der Waals surface area contributed by atoms with Gasteiger partial charge >= 0.3 is 0 Å². The maximum absolute atomic E-state index is 11.7. The van der Waals surface area contributed by atoms with Crippen LogP contribution in [-0.4, -0.2) is 68.3 Å². The van der Waals surface area contributed by atoms with Crippen molar-refractivity contribution in [1.82, 2.24) is 14.3 Å². The van der Waals surface area contributed by atoms with Gasteiger partial charge in [-0.05, 0) is 30.7 Å². The number of piperidine rings is 1. The molecule has 7 nitrogen and oxygen atoms in total. The maximum Gasteiger partial charge on any atom is 0.225 e. The molecule has 2 aliphatic rings. The molecule has 2 saturated heterocycles. The van der Waals surface area contributed by atoms with Gasteiger partial charge in [0.15, 0.2) is 0 Å². The number of anilines is 1. The molecule has 3 rings (SSSR count). The molecule has 1 atom stereocenters. The van der Waals surface area contributed by atoms with E-state index in [-0.39, 0.29) is 11.5 Å². The Kier molecular flexibility index (Phi) is 4.57. The van der Waals surface area contributed by atoms with Crippen molar-refractivity contribution < 1.29 is 13.2 Å². The Labute approximate surface area is 137 Å². The molecule has 1 aromatic rings. The van der Waals surface area contributed by atoms with Crippen molar-refractivity contribution in [3.05, 3.63) is 18.5 Å². The molecule has 2 fully saturated rings. The smallest absolute Gasteiger partial charge is 0.225 e. The summed E-state index contributed by atoms with van der Waals surface area (Å²) in [5, 5.41) is 0. The zero-order chi connectivity index (χ0) is 16.5. The minimum atomic E-state index is -3.09. The zero-order valence-corrected chi connectivity index (χ0v) is 14.5. The summed E-state index contributed by atoms with van der Waals surface area (Å²) in [5.74, 6) is 0.733. The largest absolute Gasteiger partial charge is 0.383 e. The predicted molar refractivity (Wildman–Crippen MR) is 87.7 cm³/mol. The van der Waals surface area contributed by atoms with Gasteiger partial charge in [0.1, 0.15) is 0 Å². The molecule has 1 spiro atoms. The number of hydrogen-bond donors (Lipinski definition) is 0. The molecule has 1 aromatic heterocycles. The molecule has 0 saturated carbocycles. The SMILES string of the molecule is COC[C@@H]1CC2(CCN(S(C)(=O)=O)CC2)CN1c1ncccn1. The lowest BCUT2D eigenvalue weighted by atomic mass is 9.77. The molecular weight excluding hydrogens is 316 g/mol. The van der Waals surface area contributed by atoms with E-state index in [1.807, 2.05) is 6.07 Å². The van der Waals surface area contributed by atoms with Gasteiger partial charge in [-0.1, -0.05) is 0 Å². The van der Waals surface area contributed by atoms with Gasteiger partial charge < -0.3 is 9.64 Å². The quantitative estimate of drug-likeness (QED) is 0.805. The standard InChI is InChI=1S/C15H24N4O3S/c1-22-11-13-10-15(4-8-18(9-5-15)23(2,20)21)12-19(13)14-16-6-3-7-17-14/h3,6-7,13H,4-5,8-12H2,1-2H3/t13-/m0/s1. The molecule has 0 bridgehead atoms. The Bertz CT molecular complexity index is 629. The van der Waals surface area contributed by atoms with E-state index in [0.717, 1.165) is 31.8 Å². The van der Waals surface area contributed by atoms with Crippen LogP contribution in [0.2, 0.25) is 0 Å². The van der Waals surface area contributed by atoms with E-state index in [1.54, 1.807) is 23.8 Å². The summed E-state index contributed by atoms with van der Waals surface area (Å²) in [6.45, 7) is 2.70. The predicted octanol–water partition coefficient (Wildman–Crippen LogP) is 0.744. The summed E-state index contributed by atoms with van der Waals surface area (Å²) < 4.78 is 30.4. The van der Waals surface area contributed by atoms with Crippen molar-refractivity contribution in [3.8, 4) is 0 Å². The van der Waals surface area contributed by atoms with Crippen LogP contribution in [0.25, 0.3) is 0 Å². The van der Waals surface area contributed by atoms with Crippen molar-refractivity contribution in [2.75, 3.05) is 44.5 Å². The maximum atomic E-state index is 11.7. The Morgan fingerprint density at radius 1 is 1.30 bits per heavy atom. The van der Waals surface area contributed by atoms with Gasteiger partial charge in [0.05, 0.1) is 18.9 Å². The van der Waals surface area contributed by atoms with Gasteiger partial charge in [0, 0.05) is 39.1 Å². The minimum absolute atomic E-state index is 0.129. The summed E-state index contributed by atoms with van der Waals surface area (Å²) in [6.07, 6.45) is 7.55. The fraction of sp³-hybridized carbons (Fsp3) is 0.733. The van der Waals surface area contributed by atoms with Crippen LogP contribution >= 0.6 is 0 Å². The molecule has 0 unspecified atom stereocenters. The minimum Gasteiger partial charge on any atom is -0.383 e. The number of rotatable bonds is 4. The number of hydrogen-bond acceptors (Lipinski definition) is 6. The Morgan fingerprint density at radius 2 is 1.96 bits per heavy atom. The van der Waals surface area contributed by atoms with Gasteiger partial charge in [-0.15, -0.1) is 0 Å². The highest BCUT2D eigenvalue weighted by atomic mass is 32.2. The average molecular weight is 340 g/mol. The monoisotopic (exact) mass is 340 g/mol. The normalized spacial score (nSPS) is 25.1. The Hall–Kier alpha value is -1.25. The van der Waals surface area contributed by atoms with E-state index in [1.165, 1.54) is 6.26 Å². The van der Waals surface area contributed by atoms with E-state index < -0.39 is 10.0 Å². The van der Waals surface area contributed by atoms with Gasteiger partial charge in [-0.25, -0.2) is 22.7 Å². The van der Waals surface area contributed by atoms with Crippen LogP contribution in [0.3, 0.4) is 0 Å². The molecule has 0 aliphatic carbocycles. The molecule has 3 heterocycles. The second kappa shape index (κ2) is 6.33. The van der Waals surface area contributed by atoms with Crippen molar-refractivity contribution in [1.29, 1.82) is 0 Å². The Balaban J connectivity index is 1.76. The molecule has 0 N–H and O–H groups in total. The van der Waals surface area contributed by atoms with E-state index in [2.05, 4.69) is 14.9 Å². The van der Waals surface area contributed by atoms with Crippen LogP contribution in [0.1, 0.15) is 19.3 Å². The van der Waals surface area contributed by atoms with Crippen LogP contribution < -0.4 is 4.90 Å². The van der Waals surface area contributed by atoms with Crippen molar-refractivity contribution in [2.24, 2.45) is 5.41 Å². The fourth-order valence-corrected chi connectivity index (χ4v) is 4.68. The second-order valence-electron chi connectivity index (χ2n) is 6.65. The van der Waals surface area contributed by atoms with Gasteiger partial charge in [-0.2, -0.15) is 0 Å². The first-order valence-corrected chi connectivity index (χ1v) is 9.76. The highest BCUT2D eigenvalue weighted by molar-refractivity contribution is 7.88. The van der Waals surface area contributed by atoms with E-state index >= 15 is 0 Å². The lowest BCUT2D eigenvalue weighted by Crippen LogP contribution is -2.43. The summed E-state index contributed by atoms with van der Waals surface area (Å²) in [6, 6.07) is 2.05. The van der Waals surface area contributed by atoms with Crippen LogP contribution in [-0.2, 0) is 14.8 Å². The molecule has 23 heavy (non-hydrogen) atoms. The first kappa shape index (κ1) is 16.6. The van der Waals surface area contributed by atoms with E-state index in [9.17, 15) is 8.42 Å². The molecule has 128 valence electrons. The van der Waals surface area contributed by atoms with Crippen LogP contribution in [0, 0.1) is 5.41 Å². The van der Waals surface area contributed by atoms with Crippen molar-refractivity contribution in [3.63, 3.8) is 0 Å². The number of aromatic nitrogens is 2. The van der Waals surface area contributed by atoms with Crippen LogP contribution in [0.15, 0.2) is 18.5 Å². The highest BCUT2D eigenvalue weighted by Gasteiger charge is 2.47. The number of nitrogens with zero attached hydrogens (tertiary/aromatic N) is 4. The topological polar surface area (TPSA) is 75.6 Å². The lowest BCUT2D eigenvalue weighted by Gasteiger charge is -2.38. The third kappa shape index (κ3) is 3.49. The van der Waals surface area contributed by atoms with Crippen LogP contribution in [0.5, 0.6) is 0 Å². The number of sulfonamides is 1. The second-order valence-corrected chi connectivity index (χ2v) is 8.63. The van der Waals surface area contributed by atoms with Crippen LogP contribution in [0.4, 0.5) is 5.95 Å². The number of methoxy groups -OCH3 is 1. The van der Waals surface area contributed by atoms with Crippen molar-refractivity contribution in [2.45, 2.75) is 25.3 Å². The van der Waals surface area contributed by atoms with Gasteiger partial charge in [0.25, 0.3) is 0 Å². The van der Waals surface area contributed by atoms with Crippen molar-refractivity contribution >= 4 is 16.0 Å². The number of ether oxygens (including phenoxy) is 1. The fourth-order valence-electron chi connectivity index (χ4n) is 3.83. The summed E-state index contributed by atoms with van der Waals surface area (Å²) >= 11 is 0.